The zero-order chi connectivity index (χ0) is 15.1. The summed E-state index contributed by atoms with van der Waals surface area (Å²) in [5, 5.41) is 15.3. The SMILES string of the molecule is Cn1c(N)c2cnn(-c3ccc([N+](=O)[O-])cc3)c2nc1=O. The summed E-state index contributed by atoms with van der Waals surface area (Å²) in [6, 6.07) is 5.76. The van der Waals surface area contributed by atoms with Crippen LogP contribution in [-0.2, 0) is 7.05 Å². The number of benzene rings is 1. The van der Waals surface area contributed by atoms with Crippen molar-refractivity contribution in [3.05, 3.63) is 51.1 Å². The summed E-state index contributed by atoms with van der Waals surface area (Å²) in [4.78, 5) is 25.8. The first-order valence-corrected chi connectivity index (χ1v) is 5.94. The third kappa shape index (κ3) is 1.91. The van der Waals surface area contributed by atoms with Crippen molar-refractivity contribution in [2.45, 2.75) is 0 Å². The van der Waals surface area contributed by atoms with Crippen molar-refractivity contribution in [2.75, 3.05) is 5.73 Å². The highest BCUT2D eigenvalue weighted by Crippen LogP contribution is 2.21. The lowest BCUT2D eigenvalue weighted by Gasteiger charge is -2.05. The molecule has 0 aliphatic rings. The number of hydrogen-bond donors (Lipinski definition) is 1. The van der Waals surface area contributed by atoms with Gasteiger partial charge in [-0.1, -0.05) is 0 Å². The number of rotatable bonds is 2. The van der Waals surface area contributed by atoms with E-state index >= 15 is 0 Å². The lowest BCUT2D eigenvalue weighted by Crippen LogP contribution is -2.23. The molecule has 1 aromatic carbocycles. The Balaban J connectivity index is 2.21. The van der Waals surface area contributed by atoms with E-state index in [-0.39, 0.29) is 11.5 Å². The largest absolute Gasteiger partial charge is 0.384 e. The van der Waals surface area contributed by atoms with E-state index in [9.17, 15) is 14.9 Å². The maximum absolute atomic E-state index is 11.7. The van der Waals surface area contributed by atoms with Crippen molar-refractivity contribution in [3.8, 4) is 5.69 Å². The Labute approximate surface area is 117 Å². The fourth-order valence-corrected chi connectivity index (χ4v) is 1.98. The molecule has 3 rings (SSSR count). The van der Waals surface area contributed by atoms with E-state index in [1.165, 1.54) is 46.8 Å². The monoisotopic (exact) mass is 286 g/mol. The fourth-order valence-electron chi connectivity index (χ4n) is 1.98. The van der Waals surface area contributed by atoms with E-state index in [0.29, 0.717) is 16.7 Å². The van der Waals surface area contributed by atoms with Gasteiger partial charge in [-0.05, 0) is 12.1 Å². The van der Waals surface area contributed by atoms with Gasteiger partial charge < -0.3 is 5.73 Å². The third-order valence-electron chi connectivity index (χ3n) is 3.17. The molecule has 2 heterocycles. The molecule has 9 nitrogen and oxygen atoms in total. The summed E-state index contributed by atoms with van der Waals surface area (Å²) in [6.07, 6.45) is 1.50. The van der Waals surface area contributed by atoms with Crippen LogP contribution in [0.1, 0.15) is 0 Å². The Morgan fingerprint density at radius 2 is 1.95 bits per heavy atom. The molecular formula is C12H10N6O3. The summed E-state index contributed by atoms with van der Waals surface area (Å²) in [6.45, 7) is 0. The standard InChI is InChI=1S/C12H10N6O3/c1-16-10(13)9-6-14-17(11(9)15-12(16)19)7-2-4-8(5-3-7)18(20)21/h2-6H,13H2,1H3. The molecule has 0 aliphatic carbocycles. The van der Waals surface area contributed by atoms with Crippen LogP contribution in [0.4, 0.5) is 11.5 Å². The Kier molecular flexibility index (Phi) is 2.68. The first-order chi connectivity index (χ1) is 9.99. The number of fused-ring (bicyclic) bond motifs is 1. The minimum atomic E-state index is -0.497. The average molecular weight is 286 g/mol. The predicted octanol–water partition coefficient (Wildman–Crippen LogP) is 0.610. The lowest BCUT2D eigenvalue weighted by atomic mass is 10.3. The second-order valence-corrected chi connectivity index (χ2v) is 4.41. The van der Waals surface area contributed by atoms with Crippen LogP contribution in [0, 0.1) is 10.1 Å². The normalized spacial score (nSPS) is 10.9. The van der Waals surface area contributed by atoms with Crippen LogP contribution in [0.25, 0.3) is 16.7 Å². The molecule has 0 fully saturated rings. The molecule has 0 atom stereocenters. The van der Waals surface area contributed by atoms with Gasteiger partial charge in [-0.15, -0.1) is 0 Å². The van der Waals surface area contributed by atoms with Gasteiger partial charge in [-0.3, -0.25) is 14.7 Å². The van der Waals surface area contributed by atoms with Gasteiger partial charge in [0.15, 0.2) is 5.65 Å². The molecule has 0 spiro atoms. The Morgan fingerprint density at radius 3 is 2.57 bits per heavy atom. The van der Waals surface area contributed by atoms with Crippen molar-refractivity contribution >= 4 is 22.5 Å². The molecular weight excluding hydrogens is 276 g/mol. The maximum Gasteiger partial charge on any atom is 0.350 e. The van der Waals surface area contributed by atoms with Crippen molar-refractivity contribution in [3.63, 3.8) is 0 Å². The first-order valence-electron chi connectivity index (χ1n) is 5.94. The smallest absolute Gasteiger partial charge is 0.350 e. The number of anilines is 1. The third-order valence-corrected chi connectivity index (χ3v) is 3.17. The van der Waals surface area contributed by atoms with Gasteiger partial charge in [0.05, 0.1) is 22.2 Å². The molecule has 3 aromatic rings. The highest BCUT2D eigenvalue weighted by molar-refractivity contribution is 5.86. The number of hydrogen-bond acceptors (Lipinski definition) is 6. The second kappa shape index (κ2) is 4.40. The summed E-state index contributed by atoms with van der Waals surface area (Å²) < 4.78 is 2.64. The number of nitrogens with two attached hydrogens (primary N) is 1. The van der Waals surface area contributed by atoms with E-state index in [2.05, 4.69) is 10.1 Å². The molecule has 0 amide bonds. The molecule has 9 heteroatoms. The van der Waals surface area contributed by atoms with Crippen molar-refractivity contribution in [1.82, 2.24) is 19.3 Å². The van der Waals surface area contributed by atoms with Crippen LogP contribution in [-0.4, -0.2) is 24.3 Å². The number of nitro benzene ring substituents is 1. The maximum atomic E-state index is 11.7. The Morgan fingerprint density at radius 1 is 1.29 bits per heavy atom. The van der Waals surface area contributed by atoms with Gasteiger partial charge in [-0.2, -0.15) is 10.1 Å². The van der Waals surface area contributed by atoms with E-state index in [1.807, 2.05) is 0 Å². The van der Waals surface area contributed by atoms with Gasteiger partial charge in [-0.25, -0.2) is 9.48 Å². The number of aromatic nitrogens is 4. The number of nitrogen functional groups attached to an aromatic ring is 1. The molecule has 0 bridgehead atoms. The highest BCUT2D eigenvalue weighted by atomic mass is 16.6. The van der Waals surface area contributed by atoms with Crippen LogP contribution < -0.4 is 11.4 Å². The number of nitro groups is 1. The minimum Gasteiger partial charge on any atom is -0.384 e. The van der Waals surface area contributed by atoms with Gasteiger partial charge >= 0.3 is 5.69 Å². The molecule has 2 aromatic heterocycles. The summed E-state index contributed by atoms with van der Waals surface area (Å²) in [5.74, 6) is 0.262. The molecule has 0 aliphatic heterocycles. The summed E-state index contributed by atoms with van der Waals surface area (Å²) in [5.41, 5.74) is 6.19. The molecule has 0 radical (unpaired) electrons. The molecule has 0 unspecified atom stereocenters. The Hall–Kier alpha value is -3.23. The molecule has 21 heavy (non-hydrogen) atoms. The first kappa shape index (κ1) is 12.8. The zero-order valence-corrected chi connectivity index (χ0v) is 10.9. The van der Waals surface area contributed by atoms with Gasteiger partial charge in [0.25, 0.3) is 5.69 Å². The quantitative estimate of drug-likeness (QED) is 0.544. The zero-order valence-electron chi connectivity index (χ0n) is 10.9. The van der Waals surface area contributed by atoms with E-state index in [4.69, 9.17) is 5.73 Å². The molecule has 106 valence electrons. The number of non-ortho nitro benzene ring substituents is 1. The summed E-state index contributed by atoms with van der Waals surface area (Å²) in [7, 11) is 1.52. The Bertz CT molecular complexity index is 909. The topological polar surface area (TPSA) is 122 Å². The van der Waals surface area contributed by atoms with E-state index in [0.717, 1.165) is 0 Å². The van der Waals surface area contributed by atoms with Gasteiger partial charge in [0.1, 0.15) is 5.82 Å². The molecule has 0 saturated carbocycles. The van der Waals surface area contributed by atoms with Gasteiger partial charge in [0, 0.05) is 19.2 Å². The lowest BCUT2D eigenvalue weighted by molar-refractivity contribution is -0.384. The summed E-state index contributed by atoms with van der Waals surface area (Å²) >= 11 is 0. The van der Waals surface area contributed by atoms with Gasteiger partial charge in [0.2, 0.25) is 0 Å². The minimum absolute atomic E-state index is 0.0291. The average Bonchev–Trinajstić information content (AvgIpc) is 2.88. The second-order valence-electron chi connectivity index (χ2n) is 4.41. The van der Waals surface area contributed by atoms with Crippen LogP contribution in [0.3, 0.4) is 0 Å². The predicted molar refractivity (Wildman–Crippen MR) is 75.2 cm³/mol. The van der Waals surface area contributed by atoms with Crippen molar-refractivity contribution < 1.29 is 4.92 Å². The fraction of sp³-hybridized carbons (Fsp3) is 0.0833. The van der Waals surface area contributed by atoms with Crippen LogP contribution in [0.5, 0.6) is 0 Å². The van der Waals surface area contributed by atoms with Crippen molar-refractivity contribution in [2.24, 2.45) is 7.05 Å². The highest BCUT2D eigenvalue weighted by Gasteiger charge is 2.13. The molecule has 2 N–H and O–H groups in total. The molecule has 0 saturated heterocycles. The van der Waals surface area contributed by atoms with E-state index < -0.39 is 10.6 Å². The van der Waals surface area contributed by atoms with Crippen LogP contribution >= 0.6 is 0 Å². The van der Waals surface area contributed by atoms with Crippen molar-refractivity contribution in [1.29, 1.82) is 0 Å². The van der Waals surface area contributed by atoms with Crippen LogP contribution in [0.2, 0.25) is 0 Å². The van der Waals surface area contributed by atoms with E-state index in [1.54, 1.807) is 0 Å². The van der Waals surface area contributed by atoms with Crippen LogP contribution in [0.15, 0.2) is 35.3 Å². The number of nitrogens with zero attached hydrogens (tertiary/aromatic N) is 5.